The van der Waals surface area contributed by atoms with Gasteiger partial charge in [-0.15, -0.1) is 0 Å². The van der Waals surface area contributed by atoms with Crippen LogP contribution in [0.15, 0.2) is 18.5 Å². The minimum absolute atomic E-state index is 0.209. The van der Waals surface area contributed by atoms with Gasteiger partial charge in [0.15, 0.2) is 0 Å². The predicted octanol–water partition coefficient (Wildman–Crippen LogP) is 1.33. The van der Waals surface area contributed by atoms with Gasteiger partial charge in [-0.25, -0.2) is 4.98 Å². The lowest BCUT2D eigenvalue weighted by Gasteiger charge is -2.18. The lowest BCUT2D eigenvalue weighted by atomic mass is 10.0. The highest BCUT2D eigenvalue weighted by molar-refractivity contribution is 5.25. The molecular weight excluding hydrogens is 226 g/mol. The molecule has 1 atom stereocenters. The van der Waals surface area contributed by atoms with Crippen LogP contribution >= 0.6 is 0 Å². The van der Waals surface area contributed by atoms with Crippen LogP contribution in [0.25, 0.3) is 0 Å². The van der Waals surface area contributed by atoms with Gasteiger partial charge in [0.1, 0.15) is 12.2 Å². The van der Waals surface area contributed by atoms with Crippen molar-refractivity contribution in [3.63, 3.8) is 0 Å². The molecule has 0 spiro atoms. The van der Waals surface area contributed by atoms with E-state index in [1.54, 1.807) is 11.0 Å². The summed E-state index contributed by atoms with van der Waals surface area (Å²) in [7, 11) is 3.87. The summed E-state index contributed by atoms with van der Waals surface area (Å²) in [5, 5.41) is 7.42. The number of nitrogens with one attached hydrogen (secondary N) is 1. The third kappa shape index (κ3) is 2.56. The van der Waals surface area contributed by atoms with Crippen molar-refractivity contribution in [2.24, 2.45) is 7.05 Å². The van der Waals surface area contributed by atoms with E-state index in [0.29, 0.717) is 0 Å². The Morgan fingerprint density at radius 3 is 2.67 bits per heavy atom. The number of likely N-dealkylation sites (N-methyl/N-ethyl adjacent to an activating group) is 1. The number of aromatic nitrogens is 4. The van der Waals surface area contributed by atoms with E-state index in [1.165, 1.54) is 5.56 Å². The molecule has 96 valence electrons. The van der Waals surface area contributed by atoms with E-state index >= 15 is 0 Å². The highest BCUT2D eigenvalue weighted by Crippen LogP contribution is 2.19. The number of pyridine rings is 1. The summed E-state index contributed by atoms with van der Waals surface area (Å²) in [4.78, 5) is 8.78. The first kappa shape index (κ1) is 12.7. The van der Waals surface area contributed by atoms with Crippen molar-refractivity contribution < 1.29 is 0 Å². The van der Waals surface area contributed by atoms with Crippen molar-refractivity contribution in [2.45, 2.75) is 26.3 Å². The molecule has 0 radical (unpaired) electrons. The van der Waals surface area contributed by atoms with Crippen LogP contribution in [-0.2, 0) is 13.5 Å². The maximum absolute atomic E-state index is 4.51. The fourth-order valence-corrected chi connectivity index (χ4v) is 2.12. The molecular formula is C13H19N5. The van der Waals surface area contributed by atoms with Crippen molar-refractivity contribution >= 4 is 0 Å². The highest BCUT2D eigenvalue weighted by atomic mass is 15.3. The Kier molecular flexibility index (Phi) is 3.72. The van der Waals surface area contributed by atoms with Gasteiger partial charge < -0.3 is 5.32 Å². The lowest BCUT2D eigenvalue weighted by Crippen LogP contribution is -2.22. The van der Waals surface area contributed by atoms with Gasteiger partial charge in [0.05, 0.1) is 0 Å². The standard InChI is InChI=1S/C13H19N5/c1-9-5-6-11(10(2)17-9)12(14-3)7-13-15-8-16-18(13)4/h5-6,8,12,14H,7H2,1-4H3. The monoisotopic (exact) mass is 245 g/mol. The Morgan fingerprint density at radius 2 is 2.11 bits per heavy atom. The van der Waals surface area contributed by atoms with E-state index in [9.17, 15) is 0 Å². The van der Waals surface area contributed by atoms with Gasteiger partial charge in [-0.05, 0) is 32.5 Å². The number of hydrogen-bond acceptors (Lipinski definition) is 4. The molecule has 2 aromatic rings. The van der Waals surface area contributed by atoms with Gasteiger partial charge >= 0.3 is 0 Å². The molecule has 0 aliphatic carbocycles. The second-order valence-corrected chi connectivity index (χ2v) is 4.47. The first-order chi connectivity index (χ1) is 8.61. The van der Waals surface area contributed by atoms with E-state index in [0.717, 1.165) is 23.6 Å². The Balaban J connectivity index is 2.26. The van der Waals surface area contributed by atoms with Crippen LogP contribution in [0.5, 0.6) is 0 Å². The van der Waals surface area contributed by atoms with Crippen molar-refractivity contribution in [3.8, 4) is 0 Å². The molecule has 2 heterocycles. The van der Waals surface area contributed by atoms with E-state index in [1.807, 2.05) is 34.0 Å². The van der Waals surface area contributed by atoms with Crippen LogP contribution < -0.4 is 5.32 Å². The van der Waals surface area contributed by atoms with Crippen LogP contribution in [0.3, 0.4) is 0 Å². The average Bonchev–Trinajstić information content (AvgIpc) is 2.73. The Labute approximate surface area is 107 Å². The summed E-state index contributed by atoms with van der Waals surface area (Å²) < 4.78 is 1.81. The zero-order valence-corrected chi connectivity index (χ0v) is 11.3. The molecule has 1 unspecified atom stereocenters. The van der Waals surface area contributed by atoms with E-state index in [-0.39, 0.29) is 6.04 Å². The number of hydrogen-bond donors (Lipinski definition) is 1. The normalized spacial score (nSPS) is 12.7. The molecule has 2 rings (SSSR count). The third-order valence-electron chi connectivity index (χ3n) is 3.18. The molecule has 0 aliphatic heterocycles. The van der Waals surface area contributed by atoms with Gasteiger partial charge in [-0.1, -0.05) is 6.07 Å². The van der Waals surface area contributed by atoms with Crippen LogP contribution in [0.4, 0.5) is 0 Å². The number of rotatable bonds is 4. The van der Waals surface area contributed by atoms with Crippen LogP contribution in [0, 0.1) is 13.8 Å². The third-order valence-corrected chi connectivity index (χ3v) is 3.18. The summed E-state index contributed by atoms with van der Waals surface area (Å²) in [6.45, 7) is 4.05. The van der Waals surface area contributed by atoms with Crippen molar-refractivity contribution in [2.75, 3.05) is 7.05 Å². The van der Waals surface area contributed by atoms with Gasteiger partial charge in [0, 0.05) is 30.9 Å². The maximum Gasteiger partial charge on any atom is 0.138 e. The molecule has 18 heavy (non-hydrogen) atoms. The van der Waals surface area contributed by atoms with Gasteiger partial charge in [-0.2, -0.15) is 5.10 Å². The smallest absolute Gasteiger partial charge is 0.138 e. The van der Waals surface area contributed by atoms with E-state index < -0.39 is 0 Å². The first-order valence-electron chi connectivity index (χ1n) is 6.06. The zero-order chi connectivity index (χ0) is 13.1. The second kappa shape index (κ2) is 5.27. The molecule has 5 heteroatoms. The minimum Gasteiger partial charge on any atom is -0.313 e. The second-order valence-electron chi connectivity index (χ2n) is 4.47. The minimum atomic E-state index is 0.209. The molecule has 5 nitrogen and oxygen atoms in total. The van der Waals surface area contributed by atoms with Crippen molar-refractivity contribution in [1.82, 2.24) is 25.1 Å². The quantitative estimate of drug-likeness (QED) is 0.883. The Hall–Kier alpha value is -1.75. The summed E-state index contributed by atoms with van der Waals surface area (Å²) >= 11 is 0. The predicted molar refractivity (Wildman–Crippen MR) is 70.2 cm³/mol. The van der Waals surface area contributed by atoms with Crippen LogP contribution in [0.1, 0.15) is 28.8 Å². The number of aryl methyl sites for hydroxylation is 3. The molecule has 1 N–H and O–H groups in total. The van der Waals surface area contributed by atoms with Crippen LogP contribution in [-0.4, -0.2) is 26.8 Å². The van der Waals surface area contributed by atoms with Crippen LogP contribution in [0.2, 0.25) is 0 Å². The summed E-state index contributed by atoms with van der Waals surface area (Å²) in [5.74, 6) is 0.967. The Bertz CT molecular complexity index is 532. The topological polar surface area (TPSA) is 55.6 Å². The SMILES string of the molecule is CNC(Cc1ncnn1C)c1ccc(C)nc1C. The fraction of sp³-hybridized carbons (Fsp3) is 0.462. The average molecular weight is 245 g/mol. The van der Waals surface area contributed by atoms with Gasteiger partial charge in [0.25, 0.3) is 0 Å². The van der Waals surface area contributed by atoms with Gasteiger partial charge in [0.2, 0.25) is 0 Å². The molecule has 0 fully saturated rings. The fourth-order valence-electron chi connectivity index (χ4n) is 2.12. The highest BCUT2D eigenvalue weighted by Gasteiger charge is 2.15. The lowest BCUT2D eigenvalue weighted by molar-refractivity contribution is 0.548. The maximum atomic E-state index is 4.51. The molecule has 0 bridgehead atoms. The van der Waals surface area contributed by atoms with E-state index in [2.05, 4.69) is 26.4 Å². The molecule has 0 aliphatic rings. The molecule has 0 amide bonds. The largest absolute Gasteiger partial charge is 0.313 e. The zero-order valence-electron chi connectivity index (χ0n) is 11.3. The molecule has 0 aromatic carbocycles. The molecule has 2 aromatic heterocycles. The molecule has 0 saturated heterocycles. The summed E-state index contributed by atoms with van der Waals surface area (Å²) in [6, 6.07) is 4.39. The van der Waals surface area contributed by atoms with E-state index in [4.69, 9.17) is 0 Å². The van der Waals surface area contributed by atoms with Crippen molar-refractivity contribution in [1.29, 1.82) is 0 Å². The van der Waals surface area contributed by atoms with Gasteiger partial charge in [-0.3, -0.25) is 9.67 Å². The Morgan fingerprint density at radius 1 is 1.33 bits per heavy atom. The molecule has 0 saturated carbocycles. The van der Waals surface area contributed by atoms with Crippen molar-refractivity contribution in [3.05, 3.63) is 41.2 Å². The summed E-state index contributed by atoms with van der Waals surface area (Å²) in [5.41, 5.74) is 3.33. The number of nitrogens with zero attached hydrogens (tertiary/aromatic N) is 4. The summed E-state index contributed by atoms with van der Waals surface area (Å²) in [6.07, 6.45) is 2.39. The first-order valence-corrected chi connectivity index (χ1v) is 6.06.